The number of ether oxygens (including phenoxy) is 1. The smallest absolute Gasteiger partial charge is 0.160 e. The van der Waals surface area contributed by atoms with Gasteiger partial charge >= 0.3 is 0 Å². The summed E-state index contributed by atoms with van der Waals surface area (Å²) < 4.78 is 5.39. The third-order valence-electron chi connectivity index (χ3n) is 2.23. The molecule has 0 unspecified atom stereocenters. The van der Waals surface area contributed by atoms with Gasteiger partial charge in [0.15, 0.2) is 5.78 Å². The van der Waals surface area contributed by atoms with Crippen LogP contribution < -0.4 is 4.74 Å². The van der Waals surface area contributed by atoms with Crippen molar-refractivity contribution in [2.75, 3.05) is 6.61 Å². The molecule has 15 heavy (non-hydrogen) atoms. The summed E-state index contributed by atoms with van der Waals surface area (Å²) in [5, 5.41) is 9.46. The minimum absolute atomic E-state index is 0.0521. The van der Waals surface area contributed by atoms with Crippen molar-refractivity contribution in [3.63, 3.8) is 0 Å². The maximum absolute atomic E-state index is 11.4. The number of hydrogen-bond acceptors (Lipinski definition) is 3. The highest BCUT2D eigenvalue weighted by Gasteiger charge is 2.13. The average molecular weight is 208 g/mol. The first-order valence-electron chi connectivity index (χ1n) is 5.09. The van der Waals surface area contributed by atoms with Crippen molar-refractivity contribution in [3.05, 3.63) is 23.3 Å². The van der Waals surface area contributed by atoms with Crippen LogP contribution in [0.2, 0.25) is 0 Å². The molecule has 0 aliphatic rings. The summed E-state index contributed by atoms with van der Waals surface area (Å²) in [6, 6.07) is 3.04. The van der Waals surface area contributed by atoms with E-state index in [0.717, 1.165) is 5.56 Å². The van der Waals surface area contributed by atoms with E-state index in [1.165, 1.54) is 13.0 Å². The van der Waals surface area contributed by atoms with Gasteiger partial charge in [-0.1, -0.05) is 6.92 Å². The Hall–Kier alpha value is -1.51. The molecule has 0 heterocycles. The molecule has 0 aliphatic carbocycles. The summed E-state index contributed by atoms with van der Waals surface area (Å²) in [5.74, 6) is 0.620. The van der Waals surface area contributed by atoms with Gasteiger partial charge in [-0.05, 0) is 26.3 Å². The van der Waals surface area contributed by atoms with Crippen molar-refractivity contribution in [3.8, 4) is 11.5 Å². The highest BCUT2D eigenvalue weighted by Crippen LogP contribution is 2.29. The Balaban J connectivity index is 3.31. The Labute approximate surface area is 89.7 Å². The molecule has 0 bridgehead atoms. The molecule has 0 saturated heterocycles. The largest absolute Gasteiger partial charge is 0.508 e. The number of phenolic OH excluding ortho intramolecular Hbond substituents is 1. The van der Waals surface area contributed by atoms with E-state index in [1.54, 1.807) is 6.07 Å². The molecule has 0 amide bonds. The standard InChI is InChI=1S/C12H16O3/c1-4-10-11(8(3)13)6-9(14)7-12(10)15-5-2/h6-7,14H,4-5H2,1-3H3. The van der Waals surface area contributed by atoms with E-state index in [1.807, 2.05) is 13.8 Å². The van der Waals surface area contributed by atoms with Crippen molar-refractivity contribution in [1.82, 2.24) is 0 Å². The van der Waals surface area contributed by atoms with Crippen LogP contribution in [0.15, 0.2) is 12.1 Å². The third-order valence-corrected chi connectivity index (χ3v) is 2.23. The second-order valence-corrected chi connectivity index (χ2v) is 3.31. The molecular weight excluding hydrogens is 192 g/mol. The Kier molecular flexibility index (Phi) is 3.72. The van der Waals surface area contributed by atoms with E-state index < -0.39 is 0 Å². The fourth-order valence-corrected chi connectivity index (χ4v) is 1.59. The molecule has 0 fully saturated rings. The van der Waals surface area contributed by atoms with Crippen LogP contribution in [-0.2, 0) is 6.42 Å². The predicted molar refractivity (Wildman–Crippen MR) is 58.7 cm³/mol. The van der Waals surface area contributed by atoms with Gasteiger partial charge in [-0.15, -0.1) is 0 Å². The van der Waals surface area contributed by atoms with Crippen LogP contribution in [0.5, 0.6) is 11.5 Å². The molecule has 1 aromatic carbocycles. The van der Waals surface area contributed by atoms with Crippen molar-refractivity contribution < 1.29 is 14.6 Å². The lowest BCUT2D eigenvalue weighted by Gasteiger charge is -2.12. The number of aromatic hydroxyl groups is 1. The second kappa shape index (κ2) is 4.82. The Bertz CT molecular complexity index is 369. The molecule has 0 spiro atoms. The Morgan fingerprint density at radius 3 is 2.53 bits per heavy atom. The third kappa shape index (κ3) is 2.49. The fraction of sp³-hybridized carbons (Fsp3) is 0.417. The van der Waals surface area contributed by atoms with Crippen LogP contribution in [0.1, 0.15) is 36.7 Å². The topological polar surface area (TPSA) is 46.5 Å². The molecule has 0 atom stereocenters. The number of rotatable bonds is 4. The predicted octanol–water partition coefficient (Wildman–Crippen LogP) is 2.56. The van der Waals surface area contributed by atoms with Gasteiger partial charge in [0.05, 0.1) is 6.61 Å². The fourth-order valence-electron chi connectivity index (χ4n) is 1.59. The zero-order valence-electron chi connectivity index (χ0n) is 9.33. The molecule has 3 nitrogen and oxygen atoms in total. The molecule has 3 heteroatoms. The van der Waals surface area contributed by atoms with Crippen LogP contribution in [0, 0.1) is 0 Å². The molecule has 0 saturated carbocycles. The van der Waals surface area contributed by atoms with Gasteiger partial charge in [-0.3, -0.25) is 4.79 Å². The number of carbonyl (C=O) groups is 1. The maximum atomic E-state index is 11.4. The first-order chi connectivity index (χ1) is 7.10. The Morgan fingerprint density at radius 1 is 1.40 bits per heavy atom. The highest BCUT2D eigenvalue weighted by molar-refractivity contribution is 5.96. The number of phenols is 1. The molecule has 0 aromatic heterocycles. The van der Waals surface area contributed by atoms with E-state index in [4.69, 9.17) is 4.74 Å². The van der Waals surface area contributed by atoms with Gasteiger partial charge in [0.25, 0.3) is 0 Å². The lowest BCUT2D eigenvalue weighted by molar-refractivity contribution is 0.101. The van der Waals surface area contributed by atoms with Crippen molar-refractivity contribution in [1.29, 1.82) is 0 Å². The van der Waals surface area contributed by atoms with E-state index in [9.17, 15) is 9.90 Å². The molecule has 82 valence electrons. The quantitative estimate of drug-likeness (QED) is 0.773. The van der Waals surface area contributed by atoms with Crippen LogP contribution in [0.25, 0.3) is 0 Å². The molecule has 0 radical (unpaired) electrons. The summed E-state index contributed by atoms with van der Waals surface area (Å²) in [6.45, 7) is 5.84. The van der Waals surface area contributed by atoms with Crippen LogP contribution in [-0.4, -0.2) is 17.5 Å². The highest BCUT2D eigenvalue weighted by atomic mass is 16.5. The molecular formula is C12H16O3. The number of Topliss-reactive ketones (excluding diaryl/α,β-unsaturated/α-hetero) is 1. The minimum Gasteiger partial charge on any atom is -0.508 e. The molecule has 0 aliphatic heterocycles. The summed E-state index contributed by atoms with van der Waals surface area (Å²) in [4.78, 5) is 11.4. The first kappa shape index (κ1) is 11.6. The van der Waals surface area contributed by atoms with Crippen LogP contribution in [0.4, 0.5) is 0 Å². The lowest BCUT2D eigenvalue weighted by Crippen LogP contribution is -2.03. The SMILES string of the molecule is CCOc1cc(O)cc(C(C)=O)c1CC. The van der Waals surface area contributed by atoms with E-state index in [2.05, 4.69) is 0 Å². The summed E-state index contributed by atoms with van der Waals surface area (Å²) in [6.07, 6.45) is 0.713. The van der Waals surface area contributed by atoms with Gasteiger partial charge in [-0.25, -0.2) is 0 Å². The summed E-state index contributed by atoms with van der Waals surface area (Å²) >= 11 is 0. The summed E-state index contributed by atoms with van der Waals surface area (Å²) in [5.41, 5.74) is 1.41. The normalized spacial score (nSPS) is 10.1. The monoisotopic (exact) mass is 208 g/mol. The van der Waals surface area contributed by atoms with Crippen molar-refractivity contribution >= 4 is 5.78 Å². The van der Waals surface area contributed by atoms with E-state index >= 15 is 0 Å². The van der Waals surface area contributed by atoms with Gasteiger partial charge in [0.1, 0.15) is 11.5 Å². The van der Waals surface area contributed by atoms with E-state index in [0.29, 0.717) is 24.3 Å². The lowest BCUT2D eigenvalue weighted by atomic mass is 10.0. The van der Waals surface area contributed by atoms with Crippen LogP contribution in [0.3, 0.4) is 0 Å². The van der Waals surface area contributed by atoms with E-state index in [-0.39, 0.29) is 11.5 Å². The number of benzene rings is 1. The number of hydrogen-bond donors (Lipinski definition) is 1. The summed E-state index contributed by atoms with van der Waals surface area (Å²) in [7, 11) is 0. The van der Waals surface area contributed by atoms with Gasteiger partial charge in [-0.2, -0.15) is 0 Å². The van der Waals surface area contributed by atoms with Crippen LogP contribution >= 0.6 is 0 Å². The molecule has 1 rings (SSSR count). The van der Waals surface area contributed by atoms with Gasteiger partial charge < -0.3 is 9.84 Å². The molecule has 1 aromatic rings. The van der Waals surface area contributed by atoms with Gasteiger partial charge in [0.2, 0.25) is 0 Å². The Morgan fingerprint density at radius 2 is 2.07 bits per heavy atom. The number of carbonyl (C=O) groups excluding carboxylic acids is 1. The zero-order valence-corrected chi connectivity index (χ0v) is 9.33. The average Bonchev–Trinajstić information content (AvgIpc) is 2.17. The first-order valence-corrected chi connectivity index (χ1v) is 5.09. The number of ketones is 1. The van der Waals surface area contributed by atoms with Crippen molar-refractivity contribution in [2.24, 2.45) is 0 Å². The minimum atomic E-state index is -0.0521. The zero-order chi connectivity index (χ0) is 11.4. The van der Waals surface area contributed by atoms with Gasteiger partial charge in [0, 0.05) is 17.2 Å². The second-order valence-electron chi connectivity index (χ2n) is 3.31. The van der Waals surface area contributed by atoms with Crippen molar-refractivity contribution in [2.45, 2.75) is 27.2 Å². The maximum Gasteiger partial charge on any atom is 0.160 e. The molecule has 1 N–H and O–H groups in total.